The molecule has 3 aromatic rings. The van der Waals surface area contributed by atoms with Gasteiger partial charge < -0.3 is 0 Å². The molecule has 3 nitrogen and oxygen atoms in total. The average Bonchev–Trinajstić information content (AvgIpc) is 3.02. The molecular formula is C15H15N3S3. The fourth-order valence-electron chi connectivity index (χ4n) is 2.79. The molecule has 1 aliphatic rings. The number of rotatable bonds is 2. The van der Waals surface area contributed by atoms with Crippen molar-refractivity contribution in [2.75, 3.05) is 0 Å². The lowest BCUT2D eigenvalue weighted by atomic mass is 9.89. The smallest absolute Gasteiger partial charge is 0.156 e. The van der Waals surface area contributed by atoms with E-state index in [4.69, 9.17) is 0 Å². The molecule has 108 valence electrons. The Hall–Kier alpha value is -0.980. The Labute approximate surface area is 135 Å². The Morgan fingerprint density at radius 3 is 3.05 bits per heavy atom. The molecule has 0 spiro atoms. The van der Waals surface area contributed by atoms with Crippen molar-refractivity contribution < 1.29 is 0 Å². The van der Waals surface area contributed by atoms with Gasteiger partial charge in [0.25, 0.3) is 0 Å². The van der Waals surface area contributed by atoms with Crippen LogP contribution in [0.2, 0.25) is 0 Å². The maximum atomic E-state index is 4.55. The summed E-state index contributed by atoms with van der Waals surface area (Å²) in [4.78, 5) is 16.2. The minimum absolute atomic E-state index is 0.788. The molecule has 0 aromatic carbocycles. The molecule has 1 aliphatic carbocycles. The van der Waals surface area contributed by atoms with Gasteiger partial charge in [-0.05, 0) is 49.4 Å². The van der Waals surface area contributed by atoms with E-state index in [9.17, 15) is 0 Å². The zero-order chi connectivity index (χ0) is 14.4. The van der Waals surface area contributed by atoms with Gasteiger partial charge in [-0.15, -0.1) is 22.7 Å². The highest BCUT2D eigenvalue weighted by molar-refractivity contribution is 8.01. The predicted molar refractivity (Wildman–Crippen MR) is 89.6 cm³/mol. The van der Waals surface area contributed by atoms with Crippen LogP contribution in [0.1, 0.15) is 29.5 Å². The van der Waals surface area contributed by atoms with Gasteiger partial charge in [0, 0.05) is 21.3 Å². The van der Waals surface area contributed by atoms with E-state index in [1.165, 1.54) is 28.7 Å². The molecular weight excluding hydrogens is 318 g/mol. The highest BCUT2D eigenvalue weighted by atomic mass is 32.2. The van der Waals surface area contributed by atoms with Gasteiger partial charge >= 0.3 is 0 Å². The molecule has 3 heterocycles. The molecule has 0 N–H and O–H groups in total. The first-order valence-corrected chi connectivity index (χ1v) is 9.57. The third-order valence-electron chi connectivity index (χ3n) is 3.84. The molecule has 0 saturated heterocycles. The van der Waals surface area contributed by atoms with Crippen molar-refractivity contribution in [1.29, 1.82) is 0 Å². The zero-order valence-electron chi connectivity index (χ0n) is 11.9. The van der Waals surface area contributed by atoms with Crippen molar-refractivity contribution in [2.24, 2.45) is 5.92 Å². The van der Waals surface area contributed by atoms with E-state index in [0.29, 0.717) is 0 Å². The first-order valence-electron chi connectivity index (χ1n) is 7.06. The lowest BCUT2D eigenvalue weighted by molar-refractivity contribution is 0.509. The standard InChI is InChI=1S/C15H15N3S3/c1-8-3-4-10-11(5-8)20-13-12(10)14(17-7-16-13)21-15-18-9(2)6-19-15/h6-8H,3-5H2,1-2H3. The third-order valence-corrected chi connectivity index (χ3v) is 7.06. The summed E-state index contributed by atoms with van der Waals surface area (Å²) >= 11 is 5.22. The molecule has 1 atom stereocenters. The minimum atomic E-state index is 0.788. The van der Waals surface area contributed by atoms with Crippen LogP contribution in [0.15, 0.2) is 21.1 Å². The van der Waals surface area contributed by atoms with Gasteiger partial charge in [-0.3, -0.25) is 0 Å². The van der Waals surface area contributed by atoms with Crippen LogP contribution in [-0.4, -0.2) is 15.0 Å². The Morgan fingerprint density at radius 1 is 1.33 bits per heavy atom. The lowest BCUT2D eigenvalue weighted by Crippen LogP contribution is -2.08. The minimum Gasteiger partial charge on any atom is -0.235 e. The Bertz CT molecular complexity index is 806. The average molecular weight is 334 g/mol. The SMILES string of the molecule is Cc1csc(Sc2ncnc3sc4c(c23)CCC(C)C4)n1. The molecule has 0 amide bonds. The summed E-state index contributed by atoms with van der Waals surface area (Å²) in [5.74, 6) is 0.788. The van der Waals surface area contributed by atoms with Gasteiger partial charge in [0.1, 0.15) is 16.2 Å². The second kappa shape index (κ2) is 5.34. The first kappa shape index (κ1) is 13.7. The van der Waals surface area contributed by atoms with Crippen molar-refractivity contribution >= 4 is 44.7 Å². The van der Waals surface area contributed by atoms with E-state index in [1.54, 1.807) is 29.4 Å². The molecule has 0 bridgehead atoms. The third kappa shape index (κ3) is 2.49. The fourth-order valence-corrected chi connectivity index (χ4v) is 6.07. The Balaban J connectivity index is 1.82. The van der Waals surface area contributed by atoms with Crippen LogP contribution in [0.5, 0.6) is 0 Å². The van der Waals surface area contributed by atoms with Crippen LogP contribution in [0.4, 0.5) is 0 Å². The number of fused-ring (bicyclic) bond motifs is 3. The van der Waals surface area contributed by atoms with Crippen molar-refractivity contribution in [1.82, 2.24) is 15.0 Å². The summed E-state index contributed by atoms with van der Waals surface area (Å²) in [7, 11) is 0. The number of hydrogen-bond acceptors (Lipinski definition) is 6. The van der Waals surface area contributed by atoms with E-state index >= 15 is 0 Å². The number of hydrogen-bond donors (Lipinski definition) is 0. The van der Waals surface area contributed by atoms with E-state index < -0.39 is 0 Å². The molecule has 0 saturated carbocycles. The fraction of sp³-hybridized carbons (Fsp3) is 0.400. The van der Waals surface area contributed by atoms with Gasteiger partial charge in [-0.2, -0.15) is 0 Å². The molecule has 1 unspecified atom stereocenters. The first-order chi connectivity index (χ1) is 10.2. The number of nitrogens with zero attached hydrogens (tertiary/aromatic N) is 3. The molecule has 0 radical (unpaired) electrons. The molecule has 0 fully saturated rings. The number of aryl methyl sites for hydroxylation is 2. The summed E-state index contributed by atoms with van der Waals surface area (Å²) in [6, 6.07) is 0. The highest BCUT2D eigenvalue weighted by Gasteiger charge is 2.23. The summed E-state index contributed by atoms with van der Waals surface area (Å²) < 4.78 is 1.07. The summed E-state index contributed by atoms with van der Waals surface area (Å²) in [6.07, 6.45) is 5.32. The maximum Gasteiger partial charge on any atom is 0.156 e. The second-order valence-corrected chi connectivity index (χ2v) is 8.75. The molecule has 21 heavy (non-hydrogen) atoms. The predicted octanol–water partition coefficient (Wildman–Crippen LogP) is 4.73. The molecule has 0 aliphatic heterocycles. The van der Waals surface area contributed by atoms with Gasteiger partial charge in [-0.1, -0.05) is 6.92 Å². The topological polar surface area (TPSA) is 38.7 Å². The van der Waals surface area contributed by atoms with Crippen LogP contribution in [0.3, 0.4) is 0 Å². The van der Waals surface area contributed by atoms with Crippen molar-refractivity contribution in [3.8, 4) is 0 Å². The second-order valence-electron chi connectivity index (χ2n) is 5.57. The van der Waals surface area contributed by atoms with Crippen LogP contribution in [-0.2, 0) is 12.8 Å². The highest BCUT2D eigenvalue weighted by Crippen LogP contribution is 2.42. The van der Waals surface area contributed by atoms with E-state index in [-0.39, 0.29) is 0 Å². The van der Waals surface area contributed by atoms with E-state index in [2.05, 4.69) is 27.3 Å². The summed E-state index contributed by atoms with van der Waals surface area (Å²) in [5.41, 5.74) is 2.57. The van der Waals surface area contributed by atoms with Crippen LogP contribution < -0.4 is 0 Å². The van der Waals surface area contributed by atoms with Crippen LogP contribution in [0, 0.1) is 12.8 Å². The van der Waals surface area contributed by atoms with Gasteiger partial charge in [0.2, 0.25) is 0 Å². The molecule has 6 heteroatoms. The monoisotopic (exact) mass is 333 g/mol. The van der Waals surface area contributed by atoms with Gasteiger partial charge in [-0.25, -0.2) is 15.0 Å². The maximum absolute atomic E-state index is 4.55. The van der Waals surface area contributed by atoms with E-state index in [0.717, 1.165) is 32.2 Å². The van der Waals surface area contributed by atoms with Crippen LogP contribution in [0.25, 0.3) is 10.2 Å². The lowest BCUT2D eigenvalue weighted by Gasteiger charge is -2.17. The normalized spacial score (nSPS) is 18.1. The zero-order valence-corrected chi connectivity index (χ0v) is 14.4. The van der Waals surface area contributed by atoms with Crippen molar-refractivity contribution in [3.63, 3.8) is 0 Å². The van der Waals surface area contributed by atoms with Crippen LogP contribution >= 0.6 is 34.4 Å². The summed E-state index contributed by atoms with van der Waals surface area (Å²) in [6.45, 7) is 4.37. The van der Waals surface area contributed by atoms with Crippen molar-refractivity contribution in [3.05, 3.63) is 27.8 Å². The van der Waals surface area contributed by atoms with Gasteiger partial charge in [0.15, 0.2) is 4.34 Å². The Kier molecular flexibility index (Phi) is 3.47. The number of thiazole rings is 1. The summed E-state index contributed by atoms with van der Waals surface area (Å²) in [5, 5.41) is 4.44. The number of aromatic nitrogens is 3. The van der Waals surface area contributed by atoms with Crippen molar-refractivity contribution in [2.45, 2.75) is 42.5 Å². The molecule has 3 aromatic heterocycles. The van der Waals surface area contributed by atoms with Gasteiger partial charge in [0.05, 0.1) is 0 Å². The largest absolute Gasteiger partial charge is 0.235 e. The molecule has 4 rings (SSSR count). The number of thiophene rings is 1. The Morgan fingerprint density at radius 2 is 2.24 bits per heavy atom. The quantitative estimate of drug-likeness (QED) is 0.635. The van der Waals surface area contributed by atoms with E-state index in [1.807, 2.05) is 18.3 Å².